The van der Waals surface area contributed by atoms with Crippen LogP contribution in [0.4, 0.5) is 5.69 Å². The van der Waals surface area contributed by atoms with E-state index in [1.165, 1.54) is 4.31 Å². The average molecular weight is 394 g/mol. The molecule has 0 spiro atoms. The molecule has 0 saturated carbocycles. The molecule has 1 aliphatic rings. The van der Waals surface area contributed by atoms with E-state index in [1.807, 2.05) is 43.3 Å². The molecule has 3 rings (SSSR count). The van der Waals surface area contributed by atoms with Crippen molar-refractivity contribution < 1.29 is 17.7 Å². The Balaban J connectivity index is 1.90. The normalized spacial score (nSPS) is 17.6. The van der Waals surface area contributed by atoms with Crippen molar-refractivity contribution in [3.63, 3.8) is 0 Å². The van der Waals surface area contributed by atoms with Crippen LogP contribution in [0, 0.1) is 13.8 Å². The molecule has 0 N–H and O–H groups in total. The first-order valence-electron chi connectivity index (χ1n) is 9.10. The molecule has 1 aromatic heterocycles. The number of sulfonamides is 1. The number of nitrogens with zero attached hydrogens (tertiary/aromatic N) is 3. The molecule has 2 heterocycles. The highest BCUT2D eigenvalue weighted by atomic mass is 32.2. The quantitative estimate of drug-likeness (QED) is 0.720. The Morgan fingerprint density at radius 1 is 1.19 bits per heavy atom. The van der Waals surface area contributed by atoms with Gasteiger partial charge < -0.3 is 14.2 Å². The highest BCUT2D eigenvalue weighted by Crippen LogP contribution is 2.27. The Bertz CT molecular complexity index is 849. The third-order valence-corrected chi connectivity index (χ3v) is 6.87. The van der Waals surface area contributed by atoms with Gasteiger partial charge in [0.1, 0.15) is 10.6 Å². The van der Waals surface area contributed by atoms with Crippen molar-refractivity contribution in [2.75, 3.05) is 32.1 Å². The van der Waals surface area contributed by atoms with E-state index in [4.69, 9.17) is 9.26 Å². The van der Waals surface area contributed by atoms with E-state index in [2.05, 4.69) is 5.16 Å². The molecule has 8 heteroatoms. The van der Waals surface area contributed by atoms with E-state index in [0.717, 1.165) is 24.1 Å². The summed E-state index contributed by atoms with van der Waals surface area (Å²) in [5.41, 5.74) is 2.37. The third kappa shape index (κ3) is 4.34. The van der Waals surface area contributed by atoms with Gasteiger partial charge in [-0.1, -0.05) is 17.3 Å². The summed E-state index contributed by atoms with van der Waals surface area (Å²) in [5, 5.41) is 3.82. The minimum atomic E-state index is -3.74. The maximum Gasteiger partial charge on any atom is 0.248 e. The zero-order valence-corrected chi connectivity index (χ0v) is 17.1. The summed E-state index contributed by atoms with van der Waals surface area (Å²) in [5.74, 6) is 0.313. The van der Waals surface area contributed by atoms with Crippen LogP contribution in [0.1, 0.15) is 29.9 Å². The zero-order chi connectivity index (χ0) is 19.6. The van der Waals surface area contributed by atoms with Gasteiger partial charge in [0.05, 0.1) is 6.10 Å². The Hall–Kier alpha value is -1.90. The van der Waals surface area contributed by atoms with Crippen molar-refractivity contribution in [1.29, 1.82) is 0 Å². The minimum absolute atomic E-state index is 0.0821. The van der Waals surface area contributed by atoms with E-state index in [9.17, 15) is 8.42 Å². The van der Waals surface area contributed by atoms with Gasteiger partial charge >= 0.3 is 0 Å². The fourth-order valence-corrected chi connectivity index (χ4v) is 5.09. The summed E-state index contributed by atoms with van der Waals surface area (Å²) in [4.78, 5) is 2.17. The van der Waals surface area contributed by atoms with E-state index >= 15 is 0 Å². The van der Waals surface area contributed by atoms with Gasteiger partial charge in [-0.15, -0.1) is 0 Å². The first-order valence-corrected chi connectivity index (χ1v) is 10.5. The number of aryl methyl sites for hydroxylation is 2. The first-order chi connectivity index (χ1) is 12.8. The van der Waals surface area contributed by atoms with Crippen LogP contribution < -0.4 is 4.90 Å². The molecule has 0 unspecified atom stereocenters. The first kappa shape index (κ1) is 19.9. The second kappa shape index (κ2) is 8.00. The zero-order valence-electron chi connectivity index (χ0n) is 16.3. The highest BCUT2D eigenvalue weighted by Gasteiger charge is 2.33. The fraction of sp³-hybridized carbons (Fsp3) is 0.526. The topological polar surface area (TPSA) is 75.9 Å². The van der Waals surface area contributed by atoms with E-state index in [0.29, 0.717) is 24.6 Å². The molecule has 0 bridgehead atoms. The maximum absolute atomic E-state index is 13.4. The fourth-order valence-electron chi connectivity index (χ4n) is 3.34. The van der Waals surface area contributed by atoms with Gasteiger partial charge in [0, 0.05) is 39.5 Å². The van der Waals surface area contributed by atoms with Gasteiger partial charge in [0.15, 0.2) is 5.76 Å². The lowest BCUT2D eigenvalue weighted by Gasteiger charge is -2.25. The second-order valence-corrected chi connectivity index (χ2v) is 9.02. The molecule has 0 amide bonds. The average Bonchev–Trinajstić information content (AvgIpc) is 3.24. The Labute approximate surface area is 160 Å². The van der Waals surface area contributed by atoms with E-state index in [-0.39, 0.29) is 17.5 Å². The summed E-state index contributed by atoms with van der Waals surface area (Å²) in [7, 11) is 0.201. The smallest absolute Gasteiger partial charge is 0.248 e. The van der Waals surface area contributed by atoms with Crippen LogP contribution in [0.5, 0.6) is 0 Å². The van der Waals surface area contributed by atoms with Crippen molar-refractivity contribution in [1.82, 2.24) is 9.46 Å². The Morgan fingerprint density at radius 2 is 1.89 bits per heavy atom. The number of hydrogen-bond acceptors (Lipinski definition) is 6. The molecule has 1 fully saturated rings. The highest BCUT2D eigenvalue weighted by molar-refractivity contribution is 7.89. The van der Waals surface area contributed by atoms with Gasteiger partial charge in [0.25, 0.3) is 0 Å². The monoisotopic (exact) mass is 393 g/mol. The molecular formula is C19H27N3O4S. The molecule has 7 nitrogen and oxygen atoms in total. The lowest BCUT2D eigenvalue weighted by atomic mass is 10.2. The van der Waals surface area contributed by atoms with Crippen LogP contribution in [-0.2, 0) is 21.3 Å². The molecule has 2 aromatic rings. The number of anilines is 1. The van der Waals surface area contributed by atoms with Crippen LogP contribution >= 0.6 is 0 Å². The molecule has 0 radical (unpaired) electrons. The van der Waals surface area contributed by atoms with E-state index in [1.54, 1.807) is 13.8 Å². The van der Waals surface area contributed by atoms with E-state index < -0.39 is 10.0 Å². The summed E-state index contributed by atoms with van der Waals surface area (Å²) < 4.78 is 39.0. The second-order valence-electron chi connectivity index (χ2n) is 7.15. The van der Waals surface area contributed by atoms with Crippen LogP contribution in [0.25, 0.3) is 0 Å². The van der Waals surface area contributed by atoms with Crippen molar-refractivity contribution in [3.05, 3.63) is 41.3 Å². The molecule has 1 aliphatic heterocycles. The van der Waals surface area contributed by atoms with Gasteiger partial charge in [-0.3, -0.25) is 0 Å². The van der Waals surface area contributed by atoms with Gasteiger partial charge in [-0.05, 0) is 44.4 Å². The molecule has 1 saturated heterocycles. The largest absolute Gasteiger partial charge is 0.378 e. The van der Waals surface area contributed by atoms with Crippen LogP contribution in [0.15, 0.2) is 33.7 Å². The van der Waals surface area contributed by atoms with Crippen molar-refractivity contribution >= 4 is 15.7 Å². The van der Waals surface area contributed by atoms with Crippen molar-refractivity contribution in [2.24, 2.45) is 0 Å². The lowest BCUT2D eigenvalue weighted by Crippen LogP contribution is -2.37. The molecule has 0 aliphatic carbocycles. The Morgan fingerprint density at radius 3 is 2.41 bits per heavy atom. The summed E-state index contributed by atoms with van der Waals surface area (Å²) in [6.45, 7) is 4.56. The molecule has 148 valence electrons. The number of rotatable bonds is 7. The summed E-state index contributed by atoms with van der Waals surface area (Å²) in [6, 6.07) is 7.89. The van der Waals surface area contributed by atoms with Gasteiger partial charge in [-0.2, -0.15) is 4.31 Å². The van der Waals surface area contributed by atoms with Crippen molar-refractivity contribution in [3.8, 4) is 0 Å². The van der Waals surface area contributed by atoms with Gasteiger partial charge in [-0.25, -0.2) is 8.42 Å². The minimum Gasteiger partial charge on any atom is -0.378 e. The standard InChI is InChI=1S/C19H27N3O4S/c1-14-19(15(2)26-20-14)27(23,24)22(13-18-6-5-11-25-18)12-16-7-9-17(10-8-16)21(3)4/h7-10,18H,5-6,11-13H2,1-4H3/t18-/m0/s1. The summed E-state index contributed by atoms with van der Waals surface area (Å²) >= 11 is 0. The molecular weight excluding hydrogens is 366 g/mol. The van der Waals surface area contributed by atoms with Crippen LogP contribution in [-0.4, -0.2) is 51.2 Å². The van der Waals surface area contributed by atoms with Gasteiger partial charge in [0.2, 0.25) is 10.0 Å². The number of ether oxygens (including phenoxy) is 1. The molecule has 1 aromatic carbocycles. The Kier molecular flexibility index (Phi) is 5.88. The van der Waals surface area contributed by atoms with Crippen LogP contribution in [0.3, 0.4) is 0 Å². The number of aromatic nitrogens is 1. The van der Waals surface area contributed by atoms with Crippen LogP contribution in [0.2, 0.25) is 0 Å². The SMILES string of the molecule is Cc1noc(C)c1S(=O)(=O)N(Cc1ccc(N(C)C)cc1)C[C@@H]1CCCO1. The summed E-state index contributed by atoms with van der Waals surface area (Å²) in [6.07, 6.45) is 1.75. The molecule has 27 heavy (non-hydrogen) atoms. The maximum atomic E-state index is 13.4. The predicted octanol–water partition coefficient (Wildman–Crippen LogP) is 2.73. The number of hydrogen-bond donors (Lipinski definition) is 0. The third-order valence-electron chi connectivity index (χ3n) is 4.81. The lowest BCUT2D eigenvalue weighted by molar-refractivity contribution is 0.0925. The predicted molar refractivity (Wildman–Crippen MR) is 103 cm³/mol. The number of benzene rings is 1. The molecule has 1 atom stereocenters. The van der Waals surface area contributed by atoms with Crippen molar-refractivity contribution in [2.45, 2.75) is 44.2 Å².